The van der Waals surface area contributed by atoms with Crippen LogP contribution in [0.15, 0.2) is 65.8 Å². The number of ether oxygens (including phenoxy) is 1. The third-order valence-corrected chi connectivity index (χ3v) is 5.26. The Balaban J connectivity index is 1.55. The number of nitrogens with one attached hydrogen (secondary N) is 1. The Hall–Kier alpha value is -3.50. The molecule has 4 aromatic rings. The van der Waals surface area contributed by atoms with Crippen LogP contribution in [0.4, 0.5) is 5.82 Å². The van der Waals surface area contributed by atoms with Crippen LogP contribution in [0.3, 0.4) is 0 Å². The van der Waals surface area contributed by atoms with Gasteiger partial charge in [-0.25, -0.2) is 28.0 Å². The molecule has 0 unspecified atom stereocenters. The van der Waals surface area contributed by atoms with Crippen molar-refractivity contribution in [2.45, 2.75) is 11.4 Å². The number of nitrogens with zero attached hydrogens (tertiary/aromatic N) is 4. The lowest BCUT2D eigenvalue weighted by molar-refractivity contribution is 0.398. The lowest BCUT2D eigenvalue weighted by atomic mass is 10.2. The number of hydrogen-bond acceptors (Lipinski definition) is 7. The van der Waals surface area contributed by atoms with Crippen molar-refractivity contribution >= 4 is 21.5 Å². The molecule has 0 atom stereocenters. The normalized spacial score (nSPS) is 11.5. The highest BCUT2D eigenvalue weighted by atomic mass is 32.2. The zero-order valence-corrected chi connectivity index (χ0v) is 16.3. The van der Waals surface area contributed by atoms with E-state index in [9.17, 15) is 8.42 Å². The molecule has 1 aromatic carbocycles. The summed E-state index contributed by atoms with van der Waals surface area (Å²) >= 11 is 0. The molecule has 3 aromatic heterocycles. The molecule has 9 nitrogen and oxygen atoms in total. The van der Waals surface area contributed by atoms with Gasteiger partial charge < -0.3 is 10.1 Å². The quantitative estimate of drug-likeness (QED) is 0.498. The summed E-state index contributed by atoms with van der Waals surface area (Å²) in [6, 6.07) is 13.7. The summed E-state index contributed by atoms with van der Waals surface area (Å²) in [7, 11) is -2.13. The molecule has 148 valence electrons. The van der Waals surface area contributed by atoms with Crippen LogP contribution < -0.4 is 15.2 Å². The molecule has 3 heterocycles. The van der Waals surface area contributed by atoms with Gasteiger partial charge in [0.05, 0.1) is 23.9 Å². The molecule has 0 radical (unpaired) electrons. The first-order valence-corrected chi connectivity index (χ1v) is 10.2. The maximum atomic E-state index is 11.3. The van der Waals surface area contributed by atoms with Crippen molar-refractivity contribution < 1.29 is 13.2 Å². The smallest absolute Gasteiger partial charge is 0.238 e. The molecule has 0 spiro atoms. The van der Waals surface area contributed by atoms with Crippen LogP contribution >= 0.6 is 0 Å². The van der Waals surface area contributed by atoms with Crippen LogP contribution in [0.1, 0.15) is 5.56 Å². The second kappa shape index (κ2) is 7.49. The van der Waals surface area contributed by atoms with Gasteiger partial charge in [-0.1, -0.05) is 12.1 Å². The van der Waals surface area contributed by atoms with Gasteiger partial charge in [0.2, 0.25) is 15.9 Å². The fourth-order valence-corrected chi connectivity index (χ4v) is 3.32. The topological polar surface area (TPSA) is 124 Å². The van der Waals surface area contributed by atoms with Crippen LogP contribution in [0.2, 0.25) is 0 Å². The molecular formula is C19H18N6O3S. The van der Waals surface area contributed by atoms with E-state index < -0.39 is 10.0 Å². The largest absolute Gasteiger partial charge is 0.481 e. The maximum Gasteiger partial charge on any atom is 0.238 e. The van der Waals surface area contributed by atoms with E-state index in [0.717, 1.165) is 16.8 Å². The lowest BCUT2D eigenvalue weighted by Crippen LogP contribution is -2.12. The number of nitrogens with two attached hydrogens (primary N) is 1. The zero-order chi connectivity index (χ0) is 20.4. The van der Waals surface area contributed by atoms with E-state index in [4.69, 9.17) is 9.88 Å². The molecule has 29 heavy (non-hydrogen) atoms. The average molecular weight is 410 g/mol. The zero-order valence-electron chi connectivity index (χ0n) is 15.5. The molecule has 0 aliphatic rings. The Bertz CT molecular complexity index is 1250. The van der Waals surface area contributed by atoms with Gasteiger partial charge in [-0.05, 0) is 35.9 Å². The number of benzene rings is 1. The fraction of sp³-hybridized carbons (Fsp3) is 0.105. The third kappa shape index (κ3) is 4.03. The van der Waals surface area contributed by atoms with E-state index >= 15 is 0 Å². The van der Waals surface area contributed by atoms with Gasteiger partial charge >= 0.3 is 0 Å². The van der Waals surface area contributed by atoms with Gasteiger partial charge in [-0.15, -0.1) is 5.10 Å². The van der Waals surface area contributed by atoms with E-state index in [0.29, 0.717) is 23.9 Å². The molecule has 4 rings (SSSR count). The van der Waals surface area contributed by atoms with Gasteiger partial charge in [-0.3, -0.25) is 0 Å². The summed E-state index contributed by atoms with van der Waals surface area (Å²) in [5.74, 6) is 1.18. The summed E-state index contributed by atoms with van der Waals surface area (Å²) in [6.07, 6.45) is 3.44. The van der Waals surface area contributed by atoms with Crippen molar-refractivity contribution in [3.8, 4) is 17.1 Å². The highest BCUT2D eigenvalue weighted by Gasteiger charge is 2.10. The van der Waals surface area contributed by atoms with Gasteiger partial charge in [0, 0.05) is 24.4 Å². The molecule has 0 bridgehead atoms. The van der Waals surface area contributed by atoms with Crippen LogP contribution in [0.5, 0.6) is 5.88 Å². The Morgan fingerprint density at radius 3 is 2.48 bits per heavy atom. The minimum atomic E-state index is -3.70. The van der Waals surface area contributed by atoms with Crippen LogP contribution in [-0.2, 0) is 16.6 Å². The Morgan fingerprint density at radius 1 is 1.03 bits per heavy atom. The third-order valence-electron chi connectivity index (χ3n) is 4.33. The standard InChI is InChI=1S/C19H18N6O3S/c1-28-19-9-4-14(11-23-19)16-12-22-18-8-7-17(24-25(16)18)21-10-13-2-5-15(6-3-13)29(20,26)27/h2-9,11-12H,10H2,1H3,(H,21,24)(H2,20,26,27). The van der Waals surface area contributed by atoms with Gasteiger partial charge in [-0.2, -0.15) is 0 Å². The molecule has 0 fully saturated rings. The number of hydrogen-bond donors (Lipinski definition) is 2. The molecule has 0 amide bonds. The van der Waals surface area contributed by atoms with E-state index in [1.165, 1.54) is 12.1 Å². The van der Waals surface area contributed by atoms with Crippen LogP contribution in [0.25, 0.3) is 16.9 Å². The molecule has 10 heteroatoms. The number of imidazole rings is 1. The molecule has 0 aliphatic heterocycles. The second-order valence-electron chi connectivity index (χ2n) is 6.26. The summed E-state index contributed by atoms with van der Waals surface area (Å²) < 4.78 is 29.5. The Morgan fingerprint density at radius 2 is 1.83 bits per heavy atom. The van der Waals surface area contributed by atoms with E-state index in [1.807, 2.05) is 18.2 Å². The number of sulfonamides is 1. The summed E-state index contributed by atoms with van der Waals surface area (Å²) in [4.78, 5) is 8.68. The molecule has 0 saturated carbocycles. The molecule has 0 saturated heterocycles. The van der Waals surface area contributed by atoms with Crippen molar-refractivity contribution in [3.63, 3.8) is 0 Å². The lowest BCUT2D eigenvalue weighted by Gasteiger charge is -2.08. The molecule has 3 N–H and O–H groups in total. The minimum Gasteiger partial charge on any atom is -0.481 e. The SMILES string of the molecule is COc1ccc(-c2cnc3ccc(NCc4ccc(S(N)(=O)=O)cc4)nn23)cn1. The molecular weight excluding hydrogens is 392 g/mol. The van der Waals surface area contributed by atoms with E-state index in [2.05, 4.69) is 20.4 Å². The van der Waals surface area contributed by atoms with Crippen LogP contribution in [-0.4, -0.2) is 35.1 Å². The first kappa shape index (κ1) is 18.8. The van der Waals surface area contributed by atoms with Gasteiger partial charge in [0.25, 0.3) is 0 Å². The number of methoxy groups -OCH3 is 1. The number of rotatable bonds is 6. The van der Waals surface area contributed by atoms with Crippen molar-refractivity contribution in [1.82, 2.24) is 19.6 Å². The van der Waals surface area contributed by atoms with Crippen molar-refractivity contribution in [2.75, 3.05) is 12.4 Å². The number of anilines is 1. The van der Waals surface area contributed by atoms with Crippen molar-refractivity contribution in [2.24, 2.45) is 5.14 Å². The minimum absolute atomic E-state index is 0.0805. The summed E-state index contributed by atoms with van der Waals surface area (Å²) in [5.41, 5.74) is 3.27. The first-order valence-electron chi connectivity index (χ1n) is 8.65. The van der Waals surface area contributed by atoms with E-state index in [-0.39, 0.29) is 4.90 Å². The van der Waals surface area contributed by atoms with Crippen molar-refractivity contribution in [1.29, 1.82) is 0 Å². The number of aromatic nitrogens is 4. The fourth-order valence-electron chi connectivity index (χ4n) is 2.81. The van der Waals surface area contributed by atoms with Gasteiger partial charge in [0.15, 0.2) is 5.65 Å². The summed E-state index contributed by atoms with van der Waals surface area (Å²) in [5, 5.41) is 12.9. The van der Waals surface area contributed by atoms with E-state index in [1.54, 1.807) is 42.2 Å². The van der Waals surface area contributed by atoms with Crippen LogP contribution in [0, 0.1) is 0 Å². The second-order valence-corrected chi connectivity index (χ2v) is 7.83. The highest BCUT2D eigenvalue weighted by Crippen LogP contribution is 2.22. The van der Waals surface area contributed by atoms with Crippen molar-refractivity contribution in [3.05, 3.63) is 66.5 Å². The first-order chi connectivity index (χ1) is 13.9. The van der Waals surface area contributed by atoms with Gasteiger partial charge in [0.1, 0.15) is 5.82 Å². The number of fused-ring (bicyclic) bond motifs is 1. The predicted molar refractivity (Wildman–Crippen MR) is 108 cm³/mol. The molecule has 0 aliphatic carbocycles. The number of primary sulfonamides is 1. The number of pyridine rings is 1. The Kier molecular flexibility index (Phi) is 4.87. The predicted octanol–water partition coefficient (Wildman–Crippen LogP) is 2.06. The summed E-state index contributed by atoms with van der Waals surface area (Å²) in [6.45, 7) is 0.470. The monoisotopic (exact) mass is 410 g/mol. The average Bonchev–Trinajstić information content (AvgIpc) is 3.15. The Labute approximate surface area is 167 Å². The highest BCUT2D eigenvalue weighted by molar-refractivity contribution is 7.89. The maximum absolute atomic E-state index is 11.3.